The molecule has 4 nitrogen and oxygen atoms in total. The molecule has 0 bridgehead atoms. The van der Waals surface area contributed by atoms with Gasteiger partial charge in [0, 0.05) is 19.0 Å². The minimum absolute atomic E-state index is 0.190. The molecule has 1 saturated carbocycles. The van der Waals surface area contributed by atoms with Crippen LogP contribution < -0.4 is 0 Å². The lowest BCUT2D eigenvalue weighted by atomic mass is 9.83. The molecule has 1 aliphatic heterocycles. The van der Waals surface area contributed by atoms with E-state index < -0.39 is 0 Å². The number of β-amino-alcohol motifs (C(OH)–C–C–N with tert-alkyl or cyclic N) is 1. The summed E-state index contributed by atoms with van der Waals surface area (Å²) in [5.41, 5.74) is 0. The Hall–Kier alpha value is -0.610. The smallest absolute Gasteiger partial charge is 0.323 e. The first-order chi connectivity index (χ1) is 8.65. The van der Waals surface area contributed by atoms with Crippen LogP contribution in [0.1, 0.15) is 45.4 Å². The molecule has 0 amide bonds. The number of rotatable bonds is 3. The predicted molar refractivity (Wildman–Crippen MR) is 69.2 cm³/mol. The molecular weight excluding hydrogens is 230 g/mol. The second-order valence-electron chi connectivity index (χ2n) is 5.72. The molecule has 0 aromatic heterocycles. The molecule has 1 aliphatic carbocycles. The van der Waals surface area contributed by atoms with E-state index in [1.54, 1.807) is 0 Å². The van der Waals surface area contributed by atoms with Crippen LogP contribution in [-0.4, -0.2) is 47.8 Å². The summed E-state index contributed by atoms with van der Waals surface area (Å²) in [6.07, 6.45) is 6.23. The molecule has 2 aliphatic rings. The van der Waals surface area contributed by atoms with Crippen LogP contribution in [0.15, 0.2) is 0 Å². The quantitative estimate of drug-likeness (QED) is 0.778. The number of hydrogen-bond acceptors (Lipinski definition) is 4. The van der Waals surface area contributed by atoms with E-state index in [0.29, 0.717) is 19.0 Å². The molecule has 104 valence electrons. The van der Waals surface area contributed by atoms with E-state index in [-0.39, 0.29) is 18.1 Å². The van der Waals surface area contributed by atoms with Crippen molar-refractivity contribution in [3.63, 3.8) is 0 Å². The first-order valence-electron chi connectivity index (χ1n) is 7.17. The number of ether oxygens (including phenoxy) is 1. The molecule has 1 saturated heterocycles. The number of aliphatic hydroxyl groups is 1. The number of carbonyl (C=O) groups is 1. The Balaban J connectivity index is 2.03. The zero-order chi connectivity index (χ0) is 13.1. The molecule has 4 atom stereocenters. The van der Waals surface area contributed by atoms with Gasteiger partial charge in [0.25, 0.3) is 0 Å². The summed E-state index contributed by atoms with van der Waals surface area (Å²) in [5.74, 6) is 0.588. The Morgan fingerprint density at radius 3 is 2.83 bits per heavy atom. The van der Waals surface area contributed by atoms with Crippen molar-refractivity contribution in [2.24, 2.45) is 5.92 Å². The summed E-state index contributed by atoms with van der Waals surface area (Å²) in [6.45, 7) is 2.87. The van der Waals surface area contributed by atoms with Crippen molar-refractivity contribution in [3.05, 3.63) is 0 Å². The average molecular weight is 255 g/mol. The van der Waals surface area contributed by atoms with E-state index in [1.807, 2.05) is 0 Å². The summed E-state index contributed by atoms with van der Waals surface area (Å²) in [6, 6.07) is 0.218. The van der Waals surface area contributed by atoms with E-state index in [9.17, 15) is 9.90 Å². The Labute approximate surface area is 109 Å². The second-order valence-corrected chi connectivity index (χ2v) is 5.72. The molecule has 4 unspecified atom stereocenters. The average Bonchev–Trinajstić information content (AvgIpc) is 2.80. The highest BCUT2D eigenvalue weighted by molar-refractivity contribution is 5.76. The summed E-state index contributed by atoms with van der Waals surface area (Å²) < 4.78 is 4.86. The molecule has 0 radical (unpaired) electrons. The van der Waals surface area contributed by atoms with Crippen LogP contribution in [0.2, 0.25) is 0 Å². The third-order valence-electron chi connectivity index (χ3n) is 4.59. The van der Waals surface area contributed by atoms with Gasteiger partial charge in [-0.15, -0.1) is 0 Å². The van der Waals surface area contributed by atoms with Crippen molar-refractivity contribution in [2.75, 3.05) is 13.7 Å². The minimum Gasteiger partial charge on any atom is -0.468 e. The van der Waals surface area contributed by atoms with Crippen LogP contribution in [-0.2, 0) is 9.53 Å². The Morgan fingerprint density at radius 1 is 1.39 bits per heavy atom. The minimum atomic E-state index is -0.379. The van der Waals surface area contributed by atoms with Crippen LogP contribution in [0, 0.1) is 5.92 Å². The van der Waals surface area contributed by atoms with Gasteiger partial charge in [0.05, 0.1) is 13.2 Å². The molecule has 0 spiro atoms. The van der Waals surface area contributed by atoms with Gasteiger partial charge in [-0.2, -0.15) is 0 Å². The maximum Gasteiger partial charge on any atom is 0.323 e. The SMILES string of the molecule is CCC1CCCC(N2CC(O)CC2C(=O)OC)C1. The van der Waals surface area contributed by atoms with E-state index in [2.05, 4.69) is 11.8 Å². The normalized spacial score (nSPS) is 37.7. The van der Waals surface area contributed by atoms with Crippen molar-refractivity contribution in [2.45, 2.75) is 63.6 Å². The molecule has 0 aromatic rings. The summed E-state index contributed by atoms with van der Waals surface area (Å²) in [7, 11) is 1.43. The fraction of sp³-hybridized carbons (Fsp3) is 0.929. The highest BCUT2D eigenvalue weighted by atomic mass is 16.5. The second kappa shape index (κ2) is 6.02. The molecule has 0 aromatic carbocycles. The lowest BCUT2D eigenvalue weighted by molar-refractivity contribution is -0.147. The van der Waals surface area contributed by atoms with Gasteiger partial charge in [-0.25, -0.2) is 0 Å². The topological polar surface area (TPSA) is 49.8 Å². The van der Waals surface area contributed by atoms with Gasteiger partial charge in [0.2, 0.25) is 0 Å². The molecule has 2 fully saturated rings. The lowest BCUT2D eigenvalue weighted by Crippen LogP contribution is -2.45. The van der Waals surface area contributed by atoms with Gasteiger partial charge in [-0.3, -0.25) is 9.69 Å². The van der Waals surface area contributed by atoms with E-state index in [1.165, 1.54) is 26.4 Å². The molecule has 1 N–H and O–H groups in total. The number of carbonyl (C=O) groups excluding carboxylic acids is 1. The standard InChI is InChI=1S/C14H25NO3/c1-3-10-5-4-6-11(7-10)15-9-12(16)8-13(15)14(17)18-2/h10-13,16H,3-9H2,1-2H3. The summed E-state index contributed by atoms with van der Waals surface area (Å²) >= 11 is 0. The summed E-state index contributed by atoms with van der Waals surface area (Å²) in [4.78, 5) is 14.0. The first-order valence-corrected chi connectivity index (χ1v) is 7.17. The lowest BCUT2D eigenvalue weighted by Gasteiger charge is -2.37. The van der Waals surface area contributed by atoms with Gasteiger partial charge in [0.15, 0.2) is 0 Å². The molecule has 1 heterocycles. The number of likely N-dealkylation sites (tertiary alicyclic amines) is 1. The van der Waals surface area contributed by atoms with Gasteiger partial charge in [0.1, 0.15) is 6.04 Å². The van der Waals surface area contributed by atoms with Crippen molar-refractivity contribution >= 4 is 5.97 Å². The highest BCUT2D eigenvalue weighted by Gasteiger charge is 2.41. The predicted octanol–water partition coefficient (Wildman–Crippen LogP) is 1.56. The molecule has 2 rings (SSSR count). The van der Waals surface area contributed by atoms with Crippen LogP contribution in [0.3, 0.4) is 0 Å². The monoisotopic (exact) mass is 255 g/mol. The Bertz CT molecular complexity index is 295. The third kappa shape index (κ3) is 2.86. The Morgan fingerprint density at radius 2 is 2.17 bits per heavy atom. The van der Waals surface area contributed by atoms with Crippen molar-refractivity contribution < 1.29 is 14.6 Å². The molecule has 18 heavy (non-hydrogen) atoms. The number of hydrogen-bond donors (Lipinski definition) is 1. The van der Waals surface area contributed by atoms with E-state index in [0.717, 1.165) is 18.8 Å². The van der Waals surface area contributed by atoms with Crippen LogP contribution in [0.25, 0.3) is 0 Å². The third-order valence-corrected chi connectivity index (χ3v) is 4.59. The van der Waals surface area contributed by atoms with Gasteiger partial charge in [-0.1, -0.05) is 26.2 Å². The molecule has 4 heteroatoms. The largest absolute Gasteiger partial charge is 0.468 e. The van der Waals surface area contributed by atoms with Crippen molar-refractivity contribution in [1.29, 1.82) is 0 Å². The number of methoxy groups -OCH3 is 1. The van der Waals surface area contributed by atoms with Crippen LogP contribution >= 0.6 is 0 Å². The van der Waals surface area contributed by atoms with Gasteiger partial charge < -0.3 is 9.84 Å². The van der Waals surface area contributed by atoms with Gasteiger partial charge in [-0.05, 0) is 18.8 Å². The van der Waals surface area contributed by atoms with Crippen LogP contribution in [0.5, 0.6) is 0 Å². The first kappa shape index (κ1) is 13.8. The van der Waals surface area contributed by atoms with Gasteiger partial charge >= 0.3 is 5.97 Å². The maximum absolute atomic E-state index is 11.8. The molecular formula is C14H25NO3. The number of nitrogens with zero attached hydrogens (tertiary/aromatic N) is 1. The van der Waals surface area contributed by atoms with Crippen molar-refractivity contribution in [1.82, 2.24) is 4.90 Å². The van der Waals surface area contributed by atoms with E-state index in [4.69, 9.17) is 4.74 Å². The fourth-order valence-electron chi connectivity index (χ4n) is 3.54. The van der Waals surface area contributed by atoms with E-state index >= 15 is 0 Å². The van der Waals surface area contributed by atoms with Crippen LogP contribution in [0.4, 0.5) is 0 Å². The Kier molecular flexibility index (Phi) is 4.62. The number of esters is 1. The highest BCUT2D eigenvalue weighted by Crippen LogP contribution is 2.33. The fourth-order valence-corrected chi connectivity index (χ4v) is 3.54. The maximum atomic E-state index is 11.8. The number of aliphatic hydroxyl groups excluding tert-OH is 1. The summed E-state index contributed by atoms with van der Waals surface area (Å²) in [5, 5.41) is 9.82. The zero-order valence-corrected chi connectivity index (χ0v) is 11.5. The zero-order valence-electron chi connectivity index (χ0n) is 11.5. The van der Waals surface area contributed by atoms with Crippen molar-refractivity contribution in [3.8, 4) is 0 Å².